The van der Waals surface area contributed by atoms with E-state index in [9.17, 15) is 14.9 Å². The van der Waals surface area contributed by atoms with E-state index in [0.717, 1.165) is 0 Å². The smallest absolute Gasteiger partial charge is 0.335 e. The molecule has 1 N–H and O–H groups in total. The summed E-state index contributed by atoms with van der Waals surface area (Å²) in [6, 6.07) is 12.8. The molecule has 0 saturated carbocycles. The quantitative estimate of drug-likeness (QED) is 0.590. The summed E-state index contributed by atoms with van der Waals surface area (Å²) in [6.07, 6.45) is 1.69. The average molecular weight is 282 g/mol. The molecule has 0 saturated heterocycles. The number of benzene rings is 2. The molecule has 0 unspecified atom stereocenters. The number of aromatic nitrogens is 1. The van der Waals surface area contributed by atoms with Crippen LogP contribution in [0.1, 0.15) is 10.4 Å². The van der Waals surface area contributed by atoms with Crippen molar-refractivity contribution >= 4 is 22.6 Å². The van der Waals surface area contributed by atoms with Crippen molar-refractivity contribution in [1.29, 1.82) is 0 Å². The summed E-state index contributed by atoms with van der Waals surface area (Å²) < 4.78 is 1.68. The number of aromatic carboxylic acids is 1. The van der Waals surface area contributed by atoms with Crippen LogP contribution in [0, 0.1) is 10.1 Å². The van der Waals surface area contributed by atoms with Crippen molar-refractivity contribution in [3.63, 3.8) is 0 Å². The van der Waals surface area contributed by atoms with Gasteiger partial charge < -0.3 is 9.67 Å². The third-order valence-electron chi connectivity index (χ3n) is 3.28. The molecule has 6 heteroatoms. The SMILES string of the molecule is O=C(O)c1ccc2c(ccn2-c2ccccc2[N+](=O)[O-])c1. The van der Waals surface area contributed by atoms with Crippen molar-refractivity contribution in [1.82, 2.24) is 4.57 Å². The Bertz CT molecular complexity index is 867. The third kappa shape index (κ3) is 2.12. The minimum Gasteiger partial charge on any atom is -0.478 e. The van der Waals surface area contributed by atoms with Gasteiger partial charge in [-0.3, -0.25) is 10.1 Å². The van der Waals surface area contributed by atoms with E-state index in [2.05, 4.69) is 0 Å². The number of hydrogen-bond donors (Lipinski definition) is 1. The zero-order valence-electron chi connectivity index (χ0n) is 10.8. The van der Waals surface area contributed by atoms with Crippen molar-refractivity contribution in [3.8, 4) is 5.69 Å². The Morgan fingerprint density at radius 3 is 2.62 bits per heavy atom. The molecule has 3 aromatic rings. The maximum absolute atomic E-state index is 11.1. The topological polar surface area (TPSA) is 85.4 Å². The lowest BCUT2D eigenvalue weighted by molar-refractivity contribution is -0.384. The van der Waals surface area contributed by atoms with Crippen LogP contribution in [0.25, 0.3) is 16.6 Å². The van der Waals surface area contributed by atoms with Gasteiger partial charge in [-0.2, -0.15) is 0 Å². The van der Waals surface area contributed by atoms with E-state index < -0.39 is 10.9 Å². The van der Waals surface area contributed by atoms with Crippen molar-refractivity contribution in [2.75, 3.05) is 0 Å². The summed E-state index contributed by atoms with van der Waals surface area (Å²) in [5.74, 6) is -1.00. The van der Waals surface area contributed by atoms with Gasteiger partial charge in [0.15, 0.2) is 0 Å². The number of carboxylic acids is 1. The molecule has 0 aliphatic carbocycles. The normalized spacial score (nSPS) is 10.7. The van der Waals surface area contributed by atoms with Crippen LogP contribution in [0.4, 0.5) is 5.69 Å². The van der Waals surface area contributed by atoms with Crippen LogP contribution < -0.4 is 0 Å². The van der Waals surface area contributed by atoms with Gasteiger partial charge in [0, 0.05) is 17.6 Å². The molecule has 104 valence electrons. The highest BCUT2D eigenvalue weighted by Gasteiger charge is 2.16. The molecule has 6 nitrogen and oxygen atoms in total. The van der Waals surface area contributed by atoms with Crippen LogP contribution in [-0.4, -0.2) is 20.6 Å². The van der Waals surface area contributed by atoms with E-state index >= 15 is 0 Å². The molecule has 1 heterocycles. The fourth-order valence-corrected chi connectivity index (χ4v) is 2.31. The number of fused-ring (bicyclic) bond motifs is 1. The maximum Gasteiger partial charge on any atom is 0.335 e. The minimum atomic E-state index is -1.00. The zero-order chi connectivity index (χ0) is 15.0. The predicted molar refractivity (Wildman–Crippen MR) is 76.9 cm³/mol. The first-order valence-corrected chi connectivity index (χ1v) is 6.16. The van der Waals surface area contributed by atoms with Crippen LogP contribution in [0.15, 0.2) is 54.7 Å². The standard InChI is InChI=1S/C15H10N2O4/c18-15(19)11-5-6-12-10(9-11)7-8-16(12)13-3-1-2-4-14(13)17(20)21/h1-9H,(H,18,19). The number of nitrogens with zero attached hydrogens (tertiary/aromatic N) is 2. The third-order valence-corrected chi connectivity index (χ3v) is 3.28. The highest BCUT2D eigenvalue weighted by Crippen LogP contribution is 2.27. The largest absolute Gasteiger partial charge is 0.478 e. The number of carboxylic acid groups (broad SMARTS) is 1. The Morgan fingerprint density at radius 1 is 1.14 bits per heavy atom. The second-order valence-electron chi connectivity index (χ2n) is 4.51. The van der Waals surface area contributed by atoms with Crippen molar-refractivity contribution in [3.05, 3.63) is 70.4 Å². The Labute approximate surface area is 119 Å². The summed E-state index contributed by atoms with van der Waals surface area (Å²) in [5, 5.41) is 20.8. The van der Waals surface area contributed by atoms with Crippen LogP contribution >= 0.6 is 0 Å². The van der Waals surface area contributed by atoms with E-state index in [0.29, 0.717) is 16.6 Å². The molecule has 21 heavy (non-hydrogen) atoms. The minimum absolute atomic E-state index is 0.00249. The predicted octanol–water partition coefficient (Wildman–Crippen LogP) is 3.24. The fourth-order valence-electron chi connectivity index (χ4n) is 2.31. The van der Waals surface area contributed by atoms with Gasteiger partial charge in [-0.15, -0.1) is 0 Å². The first kappa shape index (κ1) is 12.9. The molecule has 0 spiro atoms. The van der Waals surface area contributed by atoms with E-state index in [4.69, 9.17) is 5.11 Å². The lowest BCUT2D eigenvalue weighted by Gasteiger charge is -2.06. The first-order chi connectivity index (χ1) is 10.1. The number of nitro benzene ring substituents is 1. The van der Waals surface area contributed by atoms with Crippen LogP contribution in [0.5, 0.6) is 0 Å². The number of nitro groups is 1. The molecule has 0 amide bonds. The Morgan fingerprint density at radius 2 is 1.90 bits per heavy atom. The number of para-hydroxylation sites is 2. The molecular formula is C15H10N2O4. The van der Waals surface area contributed by atoms with Gasteiger partial charge in [-0.05, 0) is 30.3 Å². The Kier molecular flexibility index (Phi) is 2.91. The monoisotopic (exact) mass is 282 g/mol. The summed E-state index contributed by atoms with van der Waals surface area (Å²) in [5.41, 5.74) is 1.34. The summed E-state index contributed by atoms with van der Waals surface area (Å²) in [6.45, 7) is 0. The number of rotatable bonds is 3. The Hall–Kier alpha value is -3.15. The highest BCUT2D eigenvalue weighted by atomic mass is 16.6. The van der Waals surface area contributed by atoms with E-state index in [1.54, 1.807) is 47.2 Å². The second kappa shape index (κ2) is 4.75. The molecule has 0 bridgehead atoms. The van der Waals surface area contributed by atoms with E-state index in [-0.39, 0.29) is 11.3 Å². The van der Waals surface area contributed by atoms with Gasteiger partial charge in [-0.1, -0.05) is 12.1 Å². The van der Waals surface area contributed by atoms with Gasteiger partial charge in [0.05, 0.1) is 16.0 Å². The van der Waals surface area contributed by atoms with Crippen LogP contribution in [0.2, 0.25) is 0 Å². The van der Waals surface area contributed by atoms with Crippen LogP contribution in [-0.2, 0) is 0 Å². The number of carbonyl (C=O) groups is 1. The summed E-state index contributed by atoms with van der Waals surface area (Å²) >= 11 is 0. The summed E-state index contributed by atoms with van der Waals surface area (Å²) in [7, 11) is 0. The van der Waals surface area contributed by atoms with E-state index in [1.165, 1.54) is 12.1 Å². The molecule has 3 rings (SSSR count). The molecule has 0 fully saturated rings. The molecule has 0 aliphatic heterocycles. The first-order valence-electron chi connectivity index (χ1n) is 6.16. The Balaban J connectivity index is 2.23. The molecule has 0 aliphatic rings. The van der Waals surface area contributed by atoms with Gasteiger partial charge in [-0.25, -0.2) is 4.79 Å². The van der Waals surface area contributed by atoms with Crippen molar-refractivity contribution in [2.24, 2.45) is 0 Å². The van der Waals surface area contributed by atoms with Gasteiger partial charge >= 0.3 is 5.97 Å². The molecule has 0 radical (unpaired) electrons. The fraction of sp³-hybridized carbons (Fsp3) is 0. The molecule has 0 atom stereocenters. The van der Waals surface area contributed by atoms with Crippen molar-refractivity contribution in [2.45, 2.75) is 0 Å². The highest BCUT2D eigenvalue weighted by molar-refractivity contribution is 5.94. The van der Waals surface area contributed by atoms with Crippen molar-refractivity contribution < 1.29 is 14.8 Å². The molecular weight excluding hydrogens is 272 g/mol. The number of hydrogen-bond acceptors (Lipinski definition) is 3. The van der Waals surface area contributed by atoms with E-state index in [1.807, 2.05) is 0 Å². The van der Waals surface area contributed by atoms with Crippen LogP contribution in [0.3, 0.4) is 0 Å². The molecule has 1 aromatic heterocycles. The average Bonchev–Trinajstić information content (AvgIpc) is 2.89. The maximum atomic E-state index is 11.1. The van der Waals surface area contributed by atoms with Gasteiger partial charge in [0.1, 0.15) is 5.69 Å². The molecule has 2 aromatic carbocycles. The van der Waals surface area contributed by atoms with Gasteiger partial charge in [0.25, 0.3) is 5.69 Å². The summed E-state index contributed by atoms with van der Waals surface area (Å²) in [4.78, 5) is 21.6. The lowest BCUT2D eigenvalue weighted by Crippen LogP contribution is -1.99. The zero-order valence-corrected chi connectivity index (χ0v) is 10.8. The second-order valence-corrected chi connectivity index (χ2v) is 4.51. The van der Waals surface area contributed by atoms with Gasteiger partial charge in [0.2, 0.25) is 0 Å². The lowest BCUT2D eigenvalue weighted by atomic mass is 10.1.